The maximum Gasteiger partial charge on any atom is 0.338 e. The number of hydrogen-bond donors (Lipinski definition) is 2. The smallest absolute Gasteiger partial charge is 0.338 e. The predicted octanol–water partition coefficient (Wildman–Crippen LogP) is -0.00460. The molecule has 0 spiro atoms. The molecule has 0 aliphatic rings. The predicted molar refractivity (Wildman–Crippen MR) is 43.5 cm³/mol. The Balaban J connectivity index is 0.00000121. The van der Waals surface area contributed by atoms with Gasteiger partial charge in [0.2, 0.25) is 0 Å². The number of carboxylic acid groups (broad SMARTS) is 1. The zero-order chi connectivity index (χ0) is 8.27. The van der Waals surface area contributed by atoms with Crippen molar-refractivity contribution in [1.29, 1.82) is 0 Å². The van der Waals surface area contributed by atoms with E-state index in [0.29, 0.717) is 6.54 Å². The fraction of sp³-hybridized carbons (Fsp3) is 0.333. The second-order valence-electron chi connectivity index (χ2n) is 2.02. The van der Waals surface area contributed by atoms with Crippen LogP contribution >= 0.6 is 12.4 Å². The molecular weight excluding hydrogens is 184 g/mol. The third-order valence-corrected chi connectivity index (χ3v) is 1.21. The average Bonchev–Trinajstić information content (AvgIpc) is 2.37. The standard InChI is InChI=1S/C6H8N2O3.ClH/c9-2-1-8-4-5(3-7-8)6(10)11;/h3-4,9H,1-2H2,(H,10,11);1H. The highest BCUT2D eigenvalue weighted by molar-refractivity contribution is 5.86. The van der Waals surface area contributed by atoms with Crippen LogP contribution in [0.1, 0.15) is 10.4 Å². The molecule has 12 heavy (non-hydrogen) atoms. The number of halogens is 1. The second-order valence-corrected chi connectivity index (χ2v) is 2.02. The molecule has 1 rings (SSSR count). The Hall–Kier alpha value is -1.07. The van der Waals surface area contributed by atoms with Gasteiger partial charge in [-0.15, -0.1) is 12.4 Å². The number of aromatic carboxylic acids is 1. The molecule has 0 bridgehead atoms. The average molecular weight is 193 g/mol. The summed E-state index contributed by atoms with van der Waals surface area (Å²) in [6, 6.07) is 0. The van der Waals surface area contributed by atoms with E-state index >= 15 is 0 Å². The van der Waals surface area contributed by atoms with Crippen LogP contribution in [0.25, 0.3) is 0 Å². The zero-order valence-electron chi connectivity index (χ0n) is 6.17. The van der Waals surface area contributed by atoms with E-state index in [4.69, 9.17) is 10.2 Å². The lowest BCUT2D eigenvalue weighted by Gasteiger charge is -1.93. The van der Waals surface area contributed by atoms with E-state index in [2.05, 4.69) is 5.10 Å². The van der Waals surface area contributed by atoms with Gasteiger partial charge in [-0.2, -0.15) is 5.10 Å². The van der Waals surface area contributed by atoms with Gasteiger partial charge < -0.3 is 10.2 Å². The fourth-order valence-corrected chi connectivity index (χ4v) is 0.699. The normalized spacial score (nSPS) is 9.08. The number of hydrogen-bond acceptors (Lipinski definition) is 3. The Kier molecular flexibility index (Phi) is 4.31. The van der Waals surface area contributed by atoms with Crippen LogP contribution in [-0.4, -0.2) is 32.6 Å². The Morgan fingerprint density at radius 3 is 2.75 bits per heavy atom. The van der Waals surface area contributed by atoms with E-state index in [9.17, 15) is 4.79 Å². The molecule has 0 amide bonds. The van der Waals surface area contributed by atoms with Gasteiger partial charge in [0.05, 0.1) is 24.9 Å². The maximum absolute atomic E-state index is 10.3. The number of nitrogens with zero attached hydrogens (tertiary/aromatic N) is 2. The van der Waals surface area contributed by atoms with E-state index in [1.54, 1.807) is 0 Å². The van der Waals surface area contributed by atoms with Crippen LogP contribution in [0.2, 0.25) is 0 Å². The van der Waals surface area contributed by atoms with Gasteiger partial charge in [0.1, 0.15) is 0 Å². The van der Waals surface area contributed by atoms with Crippen molar-refractivity contribution in [3.05, 3.63) is 18.0 Å². The first-order chi connectivity index (χ1) is 5.24. The van der Waals surface area contributed by atoms with Crippen LogP contribution in [-0.2, 0) is 6.54 Å². The van der Waals surface area contributed by atoms with E-state index in [1.165, 1.54) is 17.1 Å². The highest BCUT2D eigenvalue weighted by atomic mass is 35.5. The summed E-state index contributed by atoms with van der Waals surface area (Å²) in [5, 5.41) is 20.6. The molecule has 5 nitrogen and oxygen atoms in total. The van der Waals surface area contributed by atoms with Gasteiger partial charge in [0, 0.05) is 6.20 Å². The van der Waals surface area contributed by atoms with Crippen LogP contribution in [0, 0.1) is 0 Å². The molecule has 0 aliphatic heterocycles. The van der Waals surface area contributed by atoms with E-state index in [1.807, 2.05) is 0 Å². The summed E-state index contributed by atoms with van der Waals surface area (Å²) in [7, 11) is 0. The third kappa shape index (κ3) is 2.52. The molecule has 0 atom stereocenters. The summed E-state index contributed by atoms with van der Waals surface area (Å²) in [5.74, 6) is -1.01. The molecule has 0 aromatic carbocycles. The molecule has 2 N–H and O–H groups in total. The first-order valence-corrected chi connectivity index (χ1v) is 3.10. The van der Waals surface area contributed by atoms with Crippen molar-refractivity contribution < 1.29 is 15.0 Å². The van der Waals surface area contributed by atoms with E-state index in [-0.39, 0.29) is 24.6 Å². The summed E-state index contributed by atoms with van der Waals surface area (Å²) in [6.07, 6.45) is 2.62. The van der Waals surface area contributed by atoms with Gasteiger partial charge in [-0.3, -0.25) is 4.68 Å². The van der Waals surface area contributed by atoms with E-state index in [0.717, 1.165) is 0 Å². The molecule has 0 saturated carbocycles. The summed E-state index contributed by atoms with van der Waals surface area (Å²) in [4.78, 5) is 10.3. The maximum atomic E-state index is 10.3. The van der Waals surface area contributed by atoms with Crippen LogP contribution in [0.5, 0.6) is 0 Å². The highest BCUT2D eigenvalue weighted by Crippen LogP contribution is 1.96. The summed E-state index contributed by atoms with van der Waals surface area (Å²) in [6.45, 7) is 0.286. The van der Waals surface area contributed by atoms with Crippen molar-refractivity contribution in [3.8, 4) is 0 Å². The first kappa shape index (κ1) is 10.9. The van der Waals surface area contributed by atoms with Crippen molar-refractivity contribution in [2.75, 3.05) is 6.61 Å². The fourth-order valence-electron chi connectivity index (χ4n) is 0.699. The largest absolute Gasteiger partial charge is 0.478 e. The molecule has 68 valence electrons. The number of aromatic nitrogens is 2. The van der Waals surface area contributed by atoms with Gasteiger partial charge in [0.15, 0.2) is 0 Å². The number of aliphatic hydroxyl groups is 1. The summed E-state index contributed by atoms with van der Waals surface area (Å²) in [5.41, 5.74) is 0.137. The van der Waals surface area contributed by atoms with Crippen LogP contribution in [0.4, 0.5) is 0 Å². The van der Waals surface area contributed by atoms with Crippen LogP contribution in [0.15, 0.2) is 12.4 Å². The van der Waals surface area contributed by atoms with Crippen molar-refractivity contribution in [2.24, 2.45) is 0 Å². The molecule has 0 fully saturated rings. The quantitative estimate of drug-likeness (QED) is 0.707. The first-order valence-electron chi connectivity index (χ1n) is 3.10. The van der Waals surface area contributed by atoms with E-state index < -0.39 is 5.97 Å². The Morgan fingerprint density at radius 2 is 2.33 bits per heavy atom. The molecule has 0 unspecified atom stereocenters. The number of rotatable bonds is 3. The third-order valence-electron chi connectivity index (χ3n) is 1.21. The van der Waals surface area contributed by atoms with Crippen LogP contribution < -0.4 is 0 Å². The SMILES string of the molecule is Cl.O=C(O)c1cnn(CCO)c1. The molecule has 6 heteroatoms. The second kappa shape index (κ2) is 4.74. The lowest BCUT2D eigenvalue weighted by molar-refractivity contribution is 0.0696. The van der Waals surface area contributed by atoms with Crippen molar-refractivity contribution in [3.63, 3.8) is 0 Å². The van der Waals surface area contributed by atoms with Gasteiger partial charge in [0.25, 0.3) is 0 Å². The van der Waals surface area contributed by atoms with Gasteiger partial charge in [-0.1, -0.05) is 0 Å². The summed E-state index contributed by atoms with van der Waals surface area (Å²) < 4.78 is 1.38. The Morgan fingerprint density at radius 1 is 1.67 bits per heavy atom. The van der Waals surface area contributed by atoms with Gasteiger partial charge >= 0.3 is 5.97 Å². The van der Waals surface area contributed by atoms with Crippen molar-refractivity contribution in [1.82, 2.24) is 9.78 Å². The molecule has 1 aromatic heterocycles. The van der Waals surface area contributed by atoms with Crippen LogP contribution in [0.3, 0.4) is 0 Å². The molecular formula is C6H9ClN2O3. The minimum absolute atomic E-state index is 0. The molecule has 0 aliphatic carbocycles. The molecule has 0 saturated heterocycles. The van der Waals surface area contributed by atoms with Gasteiger partial charge in [-0.25, -0.2) is 4.79 Å². The zero-order valence-corrected chi connectivity index (χ0v) is 6.99. The summed E-state index contributed by atoms with van der Waals surface area (Å²) >= 11 is 0. The lowest BCUT2D eigenvalue weighted by Crippen LogP contribution is -2.02. The number of aliphatic hydroxyl groups excluding tert-OH is 1. The minimum atomic E-state index is -1.01. The molecule has 1 heterocycles. The minimum Gasteiger partial charge on any atom is -0.478 e. The number of carboxylic acids is 1. The van der Waals surface area contributed by atoms with Crippen molar-refractivity contribution >= 4 is 18.4 Å². The topological polar surface area (TPSA) is 75.3 Å². The molecule has 1 aromatic rings. The lowest BCUT2D eigenvalue weighted by atomic mass is 10.4. The number of carbonyl (C=O) groups is 1. The molecule has 0 radical (unpaired) electrons. The Bertz CT molecular complexity index is 261. The Labute approximate surface area is 75.0 Å². The van der Waals surface area contributed by atoms with Crippen molar-refractivity contribution in [2.45, 2.75) is 6.54 Å². The highest BCUT2D eigenvalue weighted by Gasteiger charge is 2.04. The van der Waals surface area contributed by atoms with Gasteiger partial charge in [-0.05, 0) is 0 Å². The monoisotopic (exact) mass is 192 g/mol.